The van der Waals surface area contributed by atoms with Gasteiger partial charge in [-0.15, -0.1) is 0 Å². The van der Waals surface area contributed by atoms with E-state index in [1.54, 1.807) is 0 Å². The summed E-state index contributed by atoms with van der Waals surface area (Å²) in [5.41, 5.74) is 7.17. The Morgan fingerprint density at radius 2 is 1.55 bits per heavy atom. The van der Waals surface area contributed by atoms with Crippen LogP contribution in [0.2, 0.25) is 0 Å². The second kappa shape index (κ2) is 7.55. The Balaban J connectivity index is 1.78. The number of rotatable bonds is 4. The summed E-state index contributed by atoms with van der Waals surface area (Å²) >= 11 is 0. The normalized spacial score (nSPS) is 11.2. The van der Waals surface area contributed by atoms with Crippen LogP contribution in [-0.2, 0) is 0 Å². The van der Waals surface area contributed by atoms with Gasteiger partial charge in [-0.1, -0.05) is 61.9 Å². The average molecular weight is 383 g/mol. The zero-order chi connectivity index (χ0) is 20.5. The molecule has 0 saturated heterocycles. The third kappa shape index (κ3) is 3.79. The fourth-order valence-corrected chi connectivity index (χ4v) is 3.42. The molecule has 0 saturated carbocycles. The first-order valence-corrected chi connectivity index (χ1v) is 9.89. The minimum atomic E-state index is -0.170. The van der Waals surface area contributed by atoms with Crippen molar-refractivity contribution in [1.82, 2.24) is 9.38 Å². The maximum Gasteiger partial charge on any atom is 0.274 e. The van der Waals surface area contributed by atoms with E-state index >= 15 is 0 Å². The third-order valence-electron chi connectivity index (χ3n) is 5.14. The van der Waals surface area contributed by atoms with Crippen LogP contribution in [0.1, 0.15) is 46.9 Å². The fourth-order valence-electron chi connectivity index (χ4n) is 3.42. The van der Waals surface area contributed by atoms with E-state index in [0.717, 1.165) is 22.5 Å². The zero-order valence-corrected chi connectivity index (χ0v) is 17.2. The maximum atomic E-state index is 13.3. The minimum absolute atomic E-state index is 0.170. The first-order valence-electron chi connectivity index (χ1n) is 9.89. The maximum absolute atomic E-state index is 13.3. The molecule has 0 bridgehead atoms. The first kappa shape index (κ1) is 18.9. The highest BCUT2D eigenvalue weighted by Crippen LogP contribution is 2.26. The van der Waals surface area contributed by atoms with Crippen LogP contribution in [-0.4, -0.2) is 15.3 Å². The number of aromatic nitrogens is 2. The van der Waals surface area contributed by atoms with Crippen molar-refractivity contribution in [3.05, 3.63) is 89.2 Å². The molecular formula is C25H25N3O. The molecule has 29 heavy (non-hydrogen) atoms. The summed E-state index contributed by atoms with van der Waals surface area (Å²) in [6.07, 6.45) is 1.96. The van der Waals surface area contributed by atoms with Gasteiger partial charge in [0, 0.05) is 17.4 Å². The molecule has 2 aromatic heterocycles. The zero-order valence-electron chi connectivity index (χ0n) is 17.2. The highest BCUT2D eigenvalue weighted by Gasteiger charge is 2.21. The third-order valence-corrected chi connectivity index (χ3v) is 5.14. The second-order valence-electron chi connectivity index (χ2n) is 7.84. The molecule has 0 unspecified atom stereocenters. The van der Waals surface area contributed by atoms with Gasteiger partial charge in [-0.3, -0.25) is 9.20 Å². The van der Waals surface area contributed by atoms with Crippen molar-refractivity contribution in [1.29, 1.82) is 0 Å². The molecule has 146 valence electrons. The summed E-state index contributed by atoms with van der Waals surface area (Å²) in [7, 11) is 0. The summed E-state index contributed by atoms with van der Waals surface area (Å²) in [6, 6.07) is 20.1. The van der Waals surface area contributed by atoms with Gasteiger partial charge in [0.05, 0.1) is 0 Å². The fraction of sp³-hybridized carbons (Fsp3) is 0.200. The summed E-state index contributed by atoms with van der Waals surface area (Å²) in [5, 5.41) is 3.04. The Kier molecular flexibility index (Phi) is 4.93. The van der Waals surface area contributed by atoms with Crippen LogP contribution in [0.4, 0.5) is 5.69 Å². The highest BCUT2D eigenvalue weighted by atomic mass is 16.2. The van der Waals surface area contributed by atoms with Gasteiger partial charge in [0.15, 0.2) is 0 Å². The first-order chi connectivity index (χ1) is 13.9. The smallest absolute Gasteiger partial charge is 0.274 e. The van der Waals surface area contributed by atoms with E-state index in [-0.39, 0.29) is 5.91 Å². The van der Waals surface area contributed by atoms with Crippen molar-refractivity contribution in [2.24, 2.45) is 0 Å². The van der Waals surface area contributed by atoms with E-state index in [0.29, 0.717) is 17.3 Å². The Hall–Kier alpha value is -3.40. The number of aryl methyl sites for hydroxylation is 2. The van der Waals surface area contributed by atoms with Gasteiger partial charge < -0.3 is 5.32 Å². The van der Waals surface area contributed by atoms with Gasteiger partial charge in [0.2, 0.25) is 0 Å². The summed E-state index contributed by atoms with van der Waals surface area (Å²) in [4.78, 5) is 18.1. The number of benzene rings is 2. The van der Waals surface area contributed by atoms with Crippen LogP contribution in [0, 0.1) is 13.8 Å². The van der Waals surface area contributed by atoms with Crippen molar-refractivity contribution in [3.8, 4) is 11.3 Å². The van der Waals surface area contributed by atoms with E-state index in [1.807, 2.05) is 73.0 Å². The lowest BCUT2D eigenvalue weighted by Gasteiger charge is -2.10. The van der Waals surface area contributed by atoms with E-state index < -0.39 is 0 Å². The Morgan fingerprint density at radius 3 is 2.21 bits per heavy atom. The van der Waals surface area contributed by atoms with Crippen LogP contribution >= 0.6 is 0 Å². The molecule has 0 atom stereocenters. The number of hydrogen-bond acceptors (Lipinski definition) is 2. The summed E-state index contributed by atoms with van der Waals surface area (Å²) < 4.78 is 1.88. The van der Waals surface area contributed by atoms with E-state index in [1.165, 1.54) is 11.1 Å². The quantitative estimate of drug-likeness (QED) is 0.470. The molecule has 0 aliphatic carbocycles. The number of carbonyl (C=O) groups is 1. The standard InChI is InChI=1S/C25H25N3O/c1-16(2)19-10-12-21(13-11-19)26-25(29)24-23(20-8-5-17(3)6-9-20)27-22-14-7-18(4)15-28(22)24/h5-16H,1-4H3,(H,26,29). The lowest BCUT2D eigenvalue weighted by molar-refractivity contribution is 0.102. The Labute approximate surface area is 171 Å². The van der Waals surface area contributed by atoms with Crippen molar-refractivity contribution < 1.29 is 4.79 Å². The number of fused-ring (bicyclic) bond motifs is 1. The van der Waals surface area contributed by atoms with Crippen molar-refractivity contribution in [2.75, 3.05) is 5.32 Å². The van der Waals surface area contributed by atoms with Crippen LogP contribution in [0.25, 0.3) is 16.9 Å². The highest BCUT2D eigenvalue weighted by molar-refractivity contribution is 6.07. The molecule has 4 heteroatoms. The molecule has 0 aliphatic heterocycles. The van der Waals surface area contributed by atoms with E-state index in [9.17, 15) is 4.79 Å². The number of amides is 1. The molecular weight excluding hydrogens is 358 g/mol. The van der Waals surface area contributed by atoms with Crippen LogP contribution < -0.4 is 5.32 Å². The molecule has 0 aliphatic rings. The van der Waals surface area contributed by atoms with Crippen molar-refractivity contribution in [2.45, 2.75) is 33.6 Å². The monoisotopic (exact) mass is 383 g/mol. The molecule has 4 rings (SSSR count). The SMILES string of the molecule is Cc1ccc(-c2nc3ccc(C)cn3c2C(=O)Nc2ccc(C(C)C)cc2)cc1. The molecule has 0 fully saturated rings. The predicted molar refractivity (Wildman–Crippen MR) is 119 cm³/mol. The molecule has 1 amide bonds. The molecule has 1 N–H and O–H groups in total. The molecule has 4 aromatic rings. The van der Waals surface area contributed by atoms with Crippen molar-refractivity contribution in [3.63, 3.8) is 0 Å². The molecule has 0 spiro atoms. The number of nitrogens with zero attached hydrogens (tertiary/aromatic N) is 2. The Bertz CT molecular complexity index is 1170. The lowest BCUT2D eigenvalue weighted by atomic mass is 10.0. The van der Waals surface area contributed by atoms with Gasteiger partial charge in [0.25, 0.3) is 5.91 Å². The molecule has 2 aromatic carbocycles. The van der Waals surface area contributed by atoms with Crippen molar-refractivity contribution >= 4 is 17.2 Å². The van der Waals surface area contributed by atoms with Gasteiger partial charge in [-0.25, -0.2) is 4.98 Å². The van der Waals surface area contributed by atoms with Gasteiger partial charge >= 0.3 is 0 Å². The number of anilines is 1. The minimum Gasteiger partial charge on any atom is -0.321 e. The number of hydrogen-bond donors (Lipinski definition) is 1. The number of pyridine rings is 1. The van der Waals surface area contributed by atoms with Gasteiger partial charge in [-0.05, 0) is 49.1 Å². The van der Waals surface area contributed by atoms with Crippen LogP contribution in [0.5, 0.6) is 0 Å². The largest absolute Gasteiger partial charge is 0.321 e. The predicted octanol–water partition coefficient (Wildman–Crippen LogP) is 5.99. The molecule has 4 nitrogen and oxygen atoms in total. The number of imidazole rings is 1. The second-order valence-corrected chi connectivity index (χ2v) is 7.84. The summed E-state index contributed by atoms with van der Waals surface area (Å²) in [6.45, 7) is 8.37. The van der Waals surface area contributed by atoms with E-state index in [4.69, 9.17) is 4.98 Å². The molecule has 0 radical (unpaired) electrons. The van der Waals surface area contributed by atoms with E-state index in [2.05, 4.69) is 31.3 Å². The number of nitrogens with one attached hydrogen (secondary N) is 1. The van der Waals surface area contributed by atoms with Crippen LogP contribution in [0.15, 0.2) is 66.9 Å². The lowest BCUT2D eigenvalue weighted by Crippen LogP contribution is -2.15. The Morgan fingerprint density at radius 1 is 0.897 bits per heavy atom. The number of carbonyl (C=O) groups excluding carboxylic acids is 1. The van der Waals surface area contributed by atoms with Gasteiger partial charge in [0.1, 0.15) is 17.0 Å². The summed E-state index contributed by atoms with van der Waals surface area (Å²) in [5.74, 6) is 0.283. The topological polar surface area (TPSA) is 46.4 Å². The molecule has 2 heterocycles. The average Bonchev–Trinajstić information content (AvgIpc) is 3.07. The van der Waals surface area contributed by atoms with Gasteiger partial charge in [-0.2, -0.15) is 0 Å². The van der Waals surface area contributed by atoms with Crippen LogP contribution in [0.3, 0.4) is 0 Å².